The van der Waals surface area contributed by atoms with Gasteiger partial charge in [0.1, 0.15) is 0 Å². The predicted molar refractivity (Wildman–Crippen MR) is 69.1 cm³/mol. The van der Waals surface area contributed by atoms with Crippen LogP contribution in [0.5, 0.6) is 0 Å². The Morgan fingerprint density at radius 3 is 1.53 bits per heavy atom. The predicted octanol–water partition coefficient (Wildman–Crippen LogP) is 2.80. The molecule has 17 heavy (non-hydrogen) atoms. The van der Waals surface area contributed by atoms with Crippen molar-refractivity contribution in [3.63, 3.8) is 0 Å². The third-order valence-corrected chi connectivity index (χ3v) is 1.66. The molecule has 0 radical (unpaired) electrons. The van der Waals surface area contributed by atoms with Crippen molar-refractivity contribution in [2.45, 2.75) is 47.0 Å². The van der Waals surface area contributed by atoms with E-state index in [0.29, 0.717) is 13.0 Å². The van der Waals surface area contributed by atoms with Crippen LogP contribution in [0.25, 0.3) is 0 Å². The van der Waals surface area contributed by atoms with Gasteiger partial charge in [-0.15, -0.1) is 0 Å². The molecule has 0 aliphatic heterocycles. The first kappa shape index (κ1) is 18.7. The normalized spacial score (nSPS) is 9.41. The Hall–Kier alpha value is -0.610. The second kappa shape index (κ2) is 17.8. The van der Waals surface area contributed by atoms with E-state index in [4.69, 9.17) is 9.47 Å². The number of ether oxygens (including phenoxy) is 3. The van der Waals surface area contributed by atoms with Gasteiger partial charge in [-0.2, -0.15) is 0 Å². The van der Waals surface area contributed by atoms with Crippen molar-refractivity contribution in [1.82, 2.24) is 0 Å². The smallest absolute Gasteiger partial charge is 0.305 e. The minimum Gasteiger partial charge on any atom is -0.466 e. The highest BCUT2D eigenvalue weighted by Crippen LogP contribution is 1.83. The Labute approximate surface area is 106 Å². The van der Waals surface area contributed by atoms with Crippen molar-refractivity contribution in [3.05, 3.63) is 0 Å². The molecule has 0 aromatic heterocycles. The van der Waals surface area contributed by atoms with Gasteiger partial charge in [-0.1, -0.05) is 20.8 Å². The zero-order chi connectivity index (χ0) is 13.4. The molecule has 0 aromatic rings. The summed E-state index contributed by atoms with van der Waals surface area (Å²) in [6.07, 6.45) is 2.66. The average Bonchev–Trinajstić information content (AvgIpc) is 2.35. The molecule has 0 aromatic carbocycles. The van der Waals surface area contributed by atoms with Crippen LogP contribution in [-0.4, -0.2) is 39.0 Å². The minimum atomic E-state index is -0.123. The van der Waals surface area contributed by atoms with E-state index in [1.807, 2.05) is 0 Å². The highest BCUT2D eigenvalue weighted by atomic mass is 16.5. The summed E-state index contributed by atoms with van der Waals surface area (Å²) in [5.41, 5.74) is 0. The fourth-order valence-corrected chi connectivity index (χ4v) is 0.874. The molecule has 0 fully saturated rings. The van der Waals surface area contributed by atoms with Gasteiger partial charge in [-0.05, 0) is 19.8 Å². The standard InChI is InChI=1S/C8H18O2.C5H10O2/c1-3-5-9-7-8-10-6-4-2;1-3-5(6)7-4-2/h3-8H2,1-2H3;3-4H2,1-2H3. The maximum Gasteiger partial charge on any atom is 0.305 e. The summed E-state index contributed by atoms with van der Waals surface area (Å²) >= 11 is 0. The second-order valence-electron chi connectivity index (χ2n) is 3.38. The Morgan fingerprint density at radius 2 is 1.29 bits per heavy atom. The molecule has 0 amide bonds. The summed E-state index contributed by atoms with van der Waals surface area (Å²) in [5, 5.41) is 0. The highest BCUT2D eigenvalue weighted by Gasteiger charge is 1.91. The van der Waals surface area contributed by atoms with Crippen LogP contribution in [0.4, 0.5) is 0 Å². The number of hydrogen-bond acceptors (Lipinski definition) is 4. The van der Waals surface area contributed by atoms with E-state index in [1.165, 1.54) is 0 Å². The van der Waals surface area contributed by atoms with Crippen LogP contribution in [0.2, 0.25) is 0 Å². The Bertz CT molecular complexity index is 140. The molecule has 0 N–H and O–H groups in total. The molecule has 0 spiro atoms. The first-order chi connectivity index (χ1) is 8.22. The van der Waals surface area contributed by atoms with Crippen LogP contribution in [-0.2, 0) is 19.0 Å². The Morgan fingerprint density at radius 1 is 0.824 bits per heavy atom. The lowest BCUT2D eigenvalue weighted by Gasteiger charge is -2.02. The second-order valence-corrected chi connectivity index (χ2v) is 3.38. The van der Waals surface area contributed by atoms with Gasteiger partial charge < -0.3 is 14.2 Å². The van der Waals surface area contributed by atoms with Gasteiger partial charge in [-0.25, -0.2) is 0 Å². The molecule has 0 unspecified atom stereocenters. The molecule has 0 rings (SSSR count). The first-order valence-electron chi connectivity index (χ1n) is 6.53. The van der Waals surface area contributed by atoms with Gasteiger partial charge >= 0.3 is 5.97 Å². The molecule has 4 heteroatoms. The summed E-state index contributed by atoms with van der Waals surface area (Å²) in [5.74, 6) is -0.123. The van der Waals surface area contributed by atoms with Crippen LogP contribution < -0.4 is 0 Å². The van der Waals surface area contributed by atoms with E-state index >= 15 is 0 Å². The molecule has 0 aliphatic rings. The van der Waals surface area contributed by atoms with Gasteiger partial charge in [0.15, 0.2) is 0 Å². The van der Waals surface area contributed by atoms with Crippen molar-refractivity contribution >= 4 is 5.97 Å². The Kier molecular flexibility index (Phi) is 19.6. The van der Waals surface area contributed by atoms with Crippen molar-refractivity contribution in [2.75, 3.05) is 33.0 Å². The number of carbonyl (C=O) groups is 1. The number of esters is 1. The zero-order valence-electron chi connectivity index (χ0n) is 11.8. The van der Waals surface area contributed by atoms with Crippen molar-refractivity contribution in [3.8, 4) is 0 Å². The minimum absolute atomic E-state index is 0.123. The average molecular weight is 248 g/mol. The lowest BCUT2D eigenvalue weighted by Crippen LogP contribution is -2.04. The fourth-order valence-electron chi connectivity index (χ4n) is 0.874. The van der Waals surface area contributed by atoms with Gasteiger partial charge in [0.25, 0.3) is 0 Å². The van der Waals surface area contributed by atoms with Crippen molar-refractivity contribution < 1.29 is 19.0 Å². The SMILES string of the molecule is CCCOCCOCCC.CCOC(=O)CC. The molecular formula is C13H28O4. The van der Waals surface area contributed by atoms with E-state index < -0.39 is 0 Å². The number of rotatable bonds is 9. The molecular weight excluding hydrogens is 220 g/mol. The quantitative estimate of drug-likeness (QED) is 0.465. The van der Waals surface area contributed by atoms with Crippen molar-refractivity contribution in [1.29, 1.82) is 0 Å². The van der Waals surface area contributed by atoms with E-state index in [-0.39, 0.29) is 5.97 Å². The fraction of sp³-hybridized carbons (Fsp3) is 0.923. The van der Waals surface area contributed by atoms with Gasteiger partial charge in [0.05, 0.1) is 19.8 Å². The topological polar surface area (TPSA) is 44.8 Å². The lowest BCUT2D eigenvalue weighted by molar-refractivity contribution is -0.142. The van der Waals surface area contributed by atoms with Crippen LogP contribution in [0.15, 0.2) is 0 Å². The molecule has 104 valence electrons. The summed E-state index contributed by atoms with van der Waals surface area (Å²) < 4.78 is 15.0. The molecule has 0 saturated heterocycles. The molecule has 0 heterocycles. The zero-order valence-corrected chi connectivity index (χ0v) is 11.8. The van der Waals surface area contributed by atoms with E-state index in [0.717, 1.165) is 39.3 Å². The largest absolute Gasteiger partial charge is 0.466 e. The third-order valence-electron chi connectivity index (χ3n) is 1.66. The summed E-state index contributed by atoms with van der Waals surface area (Å²) in [4.78, 5) is 10.2. The van der Waals surface area contributed by atoms with Crippen LogP contribution in [0, 0.1) is 0 Å². The lowest BCUT2D eigenvalue weighted by atomic mass is 10.5. The summed E-state index contributed by atoms with van der Waals surface area (Å²) in [6.45, 7) is 11.5. The summed E-state index contributed by atoms with van der Waals surface area (Å²) in [6, 6.07) is 0. The van der Waals surface area contributed by atoms with Crippen molar-refractivity contribution in [2.24, 2.45) is 0 Å². The Balaban J connectivity index is 0. The van der Waals surface area contributed by atoms with Gasteiger partial charge in [0.2, 0.25) is 0 Å². The maximum absolute atomic E-state index is 10.2. The van der Waals surface area contributed by atoms with E-state index in [2.05, 4.69) is 18.6 Å². The molecule has 0 bridgehead atoms. The molecule has 0 aliphatic carbocycles. The maximum atomic E-state index is 10.2. The first-order valence-corrected chi connectivity index (χ1v) is 6.53. The van der Waals surface area contributed by atoms with Crippen LogP contribution in [0.3, 0.4) is 0 Å². The van der Waals surface area contributed by atoms with Crippen LogP contribution >= 0.6 is 0 Å². The number of carbonyl (C=O) groups excluding carboxylic acids is 1. The van der Waals surface area contributed by atoms with E-state index in [9.17, 15) is 4.79 Å². The van der Waals surface area contributed by atoms with Crippen LogP contribution in [0.1, 0.15) is 47.0 Å². The molecule has 4 nitrogen and oxygen atoms in total. The summed E-state index contributed by atoms with van der Waals surface area (Å²) in [7, 11) is 0. The van der Waals surface area contributed by atoms with Gasteiger partial charge in [-0.3, -0.25) is 4.79 Å². The third kappa shape index (κ3) is 21.3. The molecule has 0 saturated carbocycles. The highest BCUT2D eigenvalue weighted by molar-refractivity contribution is 5.68. The monoisotopic (exact) mass is 248 g/mol. The van der Waals surface area contributed by atoms with E-state index in [1.54, 1.807) is 13.8 Å². The molecule has 0 atom stereocenters. The number of hydrogen-bond donors (Lipinski definition) is 0. The van der Waals surface area contributed by atoms with Gasteiger partial charge in [0, 0.05) is 19.6 Å².